The molecule has 2 fully saturated rings. The van der Waals surface area contributed by atoms with Crippen molar-refractivity contribution in [1.82, 2.24) is 14.7 Å². The Hall–Kier alpha value is -2.75. The van der Waals surface area contributed by atoms with Gasteiger partial charge in [0.25, 0.3) is 0 Å². The van der Waals surface area contributed by atoms with Crippen molar-refractivity contribution in [3.05, 3.63) is 35.0 Å². The lowest BCUT2D eigenvalue weighted by Crippen LogP contribution is -2.31. The normalized spacial score (nSPS) is 18.4. The first-order chi connectivity index (χ1) is 16.1. The number of nitrogens with zero attached hydrogens (tertiary/aromatic N) is 3. The maximum Gasteiger partial charge on any atom is 0.420 e. The van der Waals surface area contributed by atoms with Gasteiger partial charge in [0.1, 0.15) is 23.3 Å². The minimum atomic E-state index is -1.09. The second-order valence-corrected chi connectivity index (χ2v) is 10.1. The Bertz CT molecular complexity index is 1210. The van der Waals surface area contributed by atoms with E-state index < -0.39 is 24.1 Å². The number of fused-ring (bicyclic) bond motifs is 1. The van der Waals surface area contributed by atoms with Gasteiger partial charge in [0.2, 0.25) is 0 Å². The number of hydrogen-bond acceptors (Lipinski definition) is 8. The van der Waals surface area contributed by atoms with E-state index in [-0.39, 0.29) is 5.92 Å². The molecule has 2 aliphatic rings. The van der Waals surface area contributed by atoms with Gasteiger partial charge in [-0.15, -0.1) is 0 Å². The van der Waals surface area contributed by atoms with E-state index in [1.54, 1.807) is 4.57 Å². The van der Waals surface area contributed by atoms with Crippen LogP contribution in [0.3, 0.4) is 0 Å². The Kier molecular flexibility index (Phi) is 5.74. The third kappa shape index (κ3) is 4.23. The fraction of sp³-hybridized carbons (Fsp3) is 0.560. The predicted octanol–water partition coefficient (Wildman–Crippen LogP) is 4.77. The van der Waals surface area contributed by atoms with Gasteiger partial charge in [-0.2, -0.15) is 0 Å². The number of aliphatic hydroxyl groups excluding tert-OH is 1. The summed E-state index contributed by atoms with van der Waals surface area (Å²) in [4.78, 5) is 18.2. The summed E-state index contributed by atoms with van der Waals surface area (Å²) in [7, 11) is 0. The van der Waals surface area contributed by atoms with Crippen LogP contribution in [-0.4, -0.2) is 51.0 Å². The maximum absolute atomic E-state index is 13.4. The van der Waals surface area contributed by atoms with Crippen LogP contribution in [0.4, 0.5) is 4.79 Å². The van der Waals surface area contributed by atoms with E-state index >= 15 is 0 Å². The highest BCUT2D eigenvalue weighted by Crippen LogP contribution is 2.43. The number of imidazole rings is 1. The Morgan fingerprint density at radius 2 is 1.91 bits per heavy atom. The molecular weight excluding hydrogens is 438 g/mol. The standard InChI is InChI=1S/C25H31N3O6/c1-13-19(14(2)34-27-13)16-11-17(21(29)23-31-9-6-10-32-23)20-18(12-16)28(22(26-20)15-7-8-15)24(30)33-25(3,4)5/h11-12,15,21,23,29H,6-10H2,1-5H3. The monoisotopic (exact) mass is 469 g/mol. The molecule has 34 heavy (non-hydrogen) atoms. The average Bonchev–Trinajstić information content (AvgIpc) is 3.48. The Morgan fingerprint density at radius 1 is 1.21 bits per heavy atom. The van der Waals surface area contributed by atoms with Crippen molar-refractivity contribution in [2.75, 3.05) is 13.2 Å². The summed E-state index contributed by atoms with van der Waals surface area (Å²) in [5, 5.41) is 15.4. The molecule has 1 unspecified atom stereocenters. The number of rotatable bonds is 4. The van der Waals surface area contributed by atoms with Gasteiger partial charge in [-0.05, 0) is 71.6 Å². The van der Waals surface area contributed by atoms with Crippen molar-refractivity contribution in [3.63, 3.8) is 0 Å². The maximum atomic E-state index is 13.4. The molecule has 1 N–H and O–H groups in total. The third-order valence-corrected chi connectivity index (χ3v) is 6.09. The van der Waals surface area contributed by atoms with Gasteiger partial charge in [-0.3, -0.25) is 0 Å². The van der Waals surface area contributed by atoms with Gasteiger partial charge in [-0.1, -0.05) is 5.16 Å². The lowest BCUT2D eigenvalue weighted by Gasteiger charge is -2.28. The molecule has 1 aromatic carbocycles. The summed E-state index contributed by atoms with van der Waals surface area (Å²) < 4.78 is 24.1. The second kappa shape index (κ2) is 8.48. The molecule has 3 heterocycles. The number of aryl methyl sites for hydroxylation is 2. The molecule has 9 heteroatoms. The molecule has 1 aliphatic heterocycles. The third-order valence-electron chi connectivity index (χ3n) is 6.09. The quantitative estimate of drug-likeness (QED) is 0.582. The van der Waals surface area contributed by atoms with Crippen LogP contribution in [0.5, 0.6) is 0 Å². The molecular formula is C25H31N3O6. The highest BCUT2D eigenvalue weighted by atomic mass is 16.7. The van der Waals surface area contributed by atoms with Crippen LogP contribution >= 0.6 is 0 Å². The van der Waals surface area contributed by atoms with Crippen LogP contribution in [0.15, 0.2) is 16.7 Å². The molecule has 1 aliphatic carbocycles. The fourth-order valence-corrected chi connectivity index (χ4v) is 4.44. The molecule has 9 nitrogen and oxygen atoms in total. The summed E-state index contributed by atoms with van der Waals surface area (Å²) >= 11 is 0. The number of ether oxygens (including phenoxy) is 3. The van der Waals surface area contributed by atoms with Crippen LogP contribution in [-0.2, 0) is 14.2 Å². The lowest BCUT2D eigenvalue weighted by atomic mass is 9.97. The van der Waals surface area contributed by atoms with E-state index in [1.165, 1.54) is 0 Å². The van der Waals surface area contributed by atoms with Gasteiger partial charge < -0.3 is 23.8 Å². The van der Waals surface area contributed by atoms with Gasteiger partial charge in [-0.25, -0.2) is 14.3 Å². The molecule has 5 rings (SSSR count). The van der Waals surface area contributed by atoms with Crippen molar-refractivity contribution in [2.45, 2.75) is 77.8 Å². The number of carbonyl (C=O) groups is 1. The molecule has 3 aromatic rings. The topological polar surface area (TPSA) is 109 Å². The lowest BCUT2D eigenvalue weighted by molar-refractivity contribution is -0.224. The zero-order chi connectivity index (χ0) is 24.2. The molecule has 0 bridgehead atoms. The van der Waals surface area contributed by atoms with E-state index in [1.807, 2.05) is 46.8 Å². The van der Waals surface area contributed by atoms with Crippen LogP contribution in [0.1, 0.15) is 74.9 Å². The number of aliphatic hydroxyl groups is 1. The fourth-order valence-electron chi connectivity index (χ4n) is 4.44. The van der Waals surface area contributed by atoms with Crippen LogP contribution in [0, 0.1) is 13.8 Å². The summed E-state index contributed by atoms with van der Waals surface area (Å²) in [6, 6.07) is 3.76. The Morgan fingerprint density at radius 3 is 2.50 bits per heavy atom. The van der Waals surface area contributed by atoms with E-state index in [2.05, 4.69) is 5.16 Å². The van der Waals surface area contributed by atoms with Gasteiger partial charge in [0.15, 0.2) is 6.29 Å². The first kappa shape index (κ1) is 23.0. The molecule has 1 saturated heterocycles. The minimum absolute atomic E-state index is 0.176. The van der Waals surface area contributed by atoms with Crippen molar-refractivity contribution in [1.29, 1.82) is 0 Å². The first-order valence-electron chi connectivity index (χ1n) is 11.8. The number of aromatic nitrogens is 3. The summed E-state index contributed by atoms with van der Waals surface area (Å²) in [5.41, 5.74) is 3.26. The molecule has 0 radical (unpaired) electrons. The molecule has 1 atom stereocenters. The predicted molar refractivity (Wildman–Crippen MR) is 124 cm³/mol. The van der Waals surface area contributed by atoms with Crippen LogP contribution in [0.25, 0.3) is 22.2 Å². The van der Waals surface area contributed by atoms with Crippen LogP contribution < -0.4 is 0 Å². The highest BCUT2D eigenvalue weighted by Gasteiger charge is 2.36. The van der Waals surface area contributed by atoms with E-state index in [9.17, 15) is 9.90 Å². The minimum Gasteiger partial charge on any atom is -0.443 e. The van der Waals surface area contributed by atoms with E-state index in [0.717, 1.165) is 30.4 Å². The molecule has 0 spiro atoms. The Labute approximate surface area is 198 Å². The highest BCUT2D eigenvalue weighted by molar-refractivity contribution is 5.93. The Balaban J connectivity index is 1.74. The number of carbonyl (C=O) groups excluding carboxylic acids is 1. The number of hydrogen-bond donors (Lipinski definition) is 1. The van der Waals surface area contributed by atoms with Gasteiger partial charge >= 0.3 is 6.09 Å². The van der Waals surface area contributed by atoms with E-state index in [4.69, 9.17) is 23.7 Å². The summed E-state index contributed by atoms with van der Waals surface area (Å²) in [6.07, 6.45) is 0.297. The summed E-state index contributed by atoms with van der Waals surface area (Å²) in [6.45, 7) is 10.2. The van der Waals surface area contributed by atoms with Crippen molar-refractivity contribution in [3.8, 4) is 11.1 Å². The smallest absolute Gasteiger partial charge is 0.420 e. The van der Waals surface area contributed by atoms with Crippen molar-refractivity contribution >= 4 is 17.1 Å². The molecule has 0 amide bonds. The van der Waals surface area contributed by atoms with Crippen LogP contribution in [0.2, 0.25) is 0 Å². The second-order valence-electron chi connectivity index (χ2n) is 10.1. The number of benzene rings is 1. The van der Waals surface area contributed by atoms with Gasteiger partial charge in [0.05, 0.1) is 29.9 Å². The largest absolute Gasteiger partial charge is 0.443 e. The zero-order valence-corrected chi connectivity index (χ0v) is 20.3. The summed E-state index contributed by atoms with van der Waals surface area (Å²) in [5.74, 6) is 1.47. The van der Waals surface area contributed by atoms with Gasteiger partial charge in [0, 0.05) is 17.0 Å². The average molecular weight is 470 g/mol. The van der Waals surface area contributed by atoms with Crippen molar-refractivity contribution in [2.24, 2.45) is 0 Å². The molecule has 1 saturated carbocycles. The zero-order valence-electron chi connectivity index (χ0n) is 20.3. The molecule has 182 valence electrons. The van der Waals surface area contributed by atoms with Crippen molar-refractivity contribution < 1.29 is 28.6 Å². The first-order valence-corrected chi connectivity index (χ1v) is 11.8. The molecule has 2 aromatic heterocycles. The van der Waals surface area contributed by atoms with E-state index in [0.29, 0.717) is 47.1 Å². The SMILES string of the molecule is Cc1noc(C)c1-c1cc(C(O)C2OCCCO2)c2nc(C3CC3)n(C(=O)OC(C)(C)C)c2c1.